The molecule has 4 rings (SSSR count). The van der Waals surface area contributed by atoms with Gasteiger partial charge < -0.3 is 5.32 Å². The van der Waals surface area contributed by atoms with Crippen LogP contribution in [0, 0.1) is 5.92 Å². The smallest absolute Gasteiger partial charge is 0.232 e. The van der Waals surface area contributed by atoms with Gasteiger partial charge in [-0.25, -0.2) is 4.98 Å². The van der Waals surface area contributed by atoms with Gasteiger partial charge >= 0.3 is 0 Å². The van der Waals surface area contributed by atoms with E-state index in [9.17, 15) is 9.59 Å². The lowest BCUT2D eigenvalue weighted by Gasteiger charge is -2.34. The van der Waals surface area contributed by atoms with Crippen LogP contribution in [0.5, 0.6) is 0 Å². The molecule has 3 aromatic heterocycles. The molecule has 1 aliphatic rings. The molecule has 1 aliphatic carbocycles. The van der Waals surface area contributed by atoms with Gasteiger partial charge in [0.05, 0.1) is 24.2 Å². The molecule has 1 fully saturated rings. The van der Waals surface area contributed by atoms with Crippen molar-refractivity contribution in [1.82, 2.24) is 20.2 Å². The number of hydrogen-bond donors (Lipinski definition) is 1. The Bertz CT molecular complexity index is 1030. The van der Waals surface area contributed by atoms with Crippen molar-refractivity contribution in [2.45, 2.75) is 51.4 Å². The first-order valence-electron chi connectivity index (χ1n) is 10.6. The first-order chi connectivity index (χ1) is 15.1. The highest BCUT2D eigenvalue weighted by Gasteiger charge is 2.32. The molecule has 0 aliphatic heterocycles. The minimum absolute atomic E-state index is 0.103. The summed E-state index contributed by atoms with van der Waals surface area (Å²) in [5, 5.41) is 12.0. The summed E-state index contributed by atoms with van der Waals surface area (Å²) in [5.41, 5.74) is 2.46. The van der Waals surface area contributed by atoms with Crippen molar-refractivity contribution in [2.75, 3.05) is 5.32 Å². The number of ketones is 1. The topological polar surface area (TPSA) is 97.7 Å². The number of hydrogen-bond acceptors (Lipinski definition) is 7. The number of Topliss-reactive ketones (excluding diaryl/α,β-unsaturated/α-hetero) is 1. The lowest BCUT2D eigenvalue weighted by Crippen LogP contribution is -2.23. The zero-order chi connectivity index (χ0) is 21.6. The van der Waals surface area contributed by atoms with Crippen LogP contribution in [0.15, 0.2) is 42.7 Å². The molecule has 3 heterocycles. The molecule has 1 N–H and O–H groups in total. The first kappa shape index (κ1) is 21.2. The number of carbonyl (C=O) groups excluding carboxylic acids is 2. The monoisotopic (exact) mass is 435 g/mol. The lowest BCUT2D eigenvalue weighted by atomic mass is 9.72. The molecule has 0 bridgehead atoms. The van der Waals surface area contributed by atoms with Crippen LogP contribution in [-0.2, 0) is 28.9 Å². The molecule has 3 aromatic rings. The number of rotatable bonds is 9. The number of anilines is 1. The Morgan fingerprint density at radius 1 is 1.03 bits per heavy atom. The second-order valence-corrected chi connectivity index (χ2v) is 9.00. The fourth-order valence-corrected chi connectivity index (χ4v) is 4.67. The number of carbonyl (C=O) groups is 2. The minimum Gasteiger partial charge on any atom is -0.302 e. The summed E-state index contributed by atoms with van der Waals surface area (Å²) < 4.78 is 0. The number of aromatic nitrogens is 4. The molecule has 8 heteroatoms. The van der Waals surface area contributed by atoms with E-state index in [-0.39, 0.29) is 18.1 Å². The molecule has 1 saturated carbocycles. The van der Waals surface area contributed by atoms with Crippen LogP contribution in [0.3, 0.4) is 0 Å². The van der Waals surface area contributed by atoms with Crippen molar-refractivity contribution in [3.63, 3.8) is 0 Å². The van der Waals surface area contributed by atoms with E-state index in [4.69, 9.17) is 0 Å². The summed E-state index contributed by atoms with van der Waals surface area (Å²) >= 11 is 1.55. The van der Waals surface area contributed by atoms with Gasteiger partial charge in [0.25, 0.3) is 0 Å². The Labute approximate surface area is 185 Å². The fraction of sp³-hybridized carbons (Fsp3) is 0.391. The Hall–Kier alpha value is -3.00. The maximum absolute atomic E-state index is 12.2. The average molecular weight is 436 g/mol. The normalized spacial score (nSPS) is 17.7. The number of thiazole rings is 1. The van der Waals surface area contributed by atoms with E-state index in [2.05, 4.69) is 25.5 Å². The molecule has 0 spiro atoms. The Morgan fingerprint density at radius 2 is 1.84 bits per heavy atom. The van der Waals surface area contributed by atoms with Gasteiger partial charge in [0.1, 0.15) is 5.78 Å². The Balaban J connectivity index is 1.23. The average Bonchev–Trinajstić information content (AvgIpc) is 3.19. The molecule has 0 saturated heterocycles. The third kappa shape index (κ3) is 5.79. The molecular formula is C23H25N5O2S. The third-order valence-electron chi connectivity index (χ3n) is 5.52. The molecule has 7 nitrogen and oxygen atoms in total. The van der Waals surface area contributed by atoms with Crippen LogP contribution in [0.1, 0.15) is 54.1 Å². The molecule has 31 heavy (non-hydrogen) atoms. The number of amides is 1. The highest BCUT2D eigenvalue weighted by molar-refractivity contribution is 7.15. The summed E-state index contributed by atoms with van der Waals surface area (Å²) in [5.74, 6) is 1.14. The standard InChI is InChI=1S/C23H25N5O2S/c1-2-20(29)12-19-7-6-18(27-28-19)11-15-9-16(10-15)21-14-25-23(31-21)26-22(30)13-17-5-3-4-8-24-17/h3-8,14-16H,2,9-13H2,1H3,(H,25,26,30). The van der Waals surface area contributed by atoms with E-state index >= 15 is 0 Å². The van der Waals surface area contributed by atoms with Gasteiger partial charge in [-0.2, -0.15) is 10.2 Å². The van der Waals surface area contributed by atoms with E-state index in [0.29, 0.717) is 29.8 Å². The summed E-state index contributed by atoms with van der Waals surface area (Å²) in [6.07, 6.45) is 7.77. The van der Waals surface area contributed by atoms with Crippen molar-refractivity contribution in [3.8, 4) is 0 Å². The van der Waals surface area contributed by atoms with Gasteiger partial charge in [-0.3, -0.25) is 14.6 Å². The zero-order valence-electron chi connectivity index (χ0n) is 17.5. The van der Waals surface area contributed by atoms with Gasteiger partial charge in [-0.1, -0.05) is 13.0 Å². The SMILES string of the molecule is CCC(=O)Cc1ccc(CC2CC(c3cnc(NC(=O)Cc4ccccn4)s3)C2)nn1. The Morgan fingerprint density at radius 3 is 2.55 bits per heavy atom. The van der Waals surface area contributed by atoms with E-state index in [0.717, 1.165) is 36.3 Å². The number of pyridine rings is 1. The van der Waals surface area contributed by atoms with E-state index in [1.807, 2.05) is 43.5 Å². The Kier molecular flexibility index (Phi) is 6.76. The molecule has 0 aromatic carbocycles. The van der Waals surface area contributed by atoms with Crippen LogP contribution in [-0.4, -0.2) is 31.9 Å². The summed E-state index contributed by atoms with van der Waals surface area (Å²) in [6, 6.07) is 9.44. The lowest BCUT2D eigenvalue weighted by molar-refractivity contribution is -0.118. The highest BCUT2D eigenvalue weighted by atomic mass is 32.1. The first-order valence-corrected chi connectivity index (χ1v) is 11.4. The number of nitrogens with zero attached hydrogens (tertiary/aromatic N) is 4. The maximum Gasteiger partial charge on any atom is 0.232 e. The predicted molar refractivity (Wildman–Crippen MR) is 119 cm³/mol. The minimum atomic E-state index is -0.103. The zero-order valence-corrected chi connectivity index (χ0v) is 18.3. The molecule has 160 valence electrons. The van der Waals surface area contributed by atoms with Gasteiger partial charge in [-0.05, 0) is 55.4 Å². The molecular weight excluding hydrogens is 410 g/mol. The third-order valence-corrected chi connectivity index (χ3v) is 6.60. The van der Waals surface area contributed by atoms with Crippen LogP contribution in [0.4, 0.5) is 5.13 Å². The van der Waals surface area contributed by atoms with E-state index < -0.39 is 0 Å². The predicted octanol–water partition coefficient (Wildman–Crippen LogP) is 3.77. The van der Waals surface area contributed by atoms with Gasteiger partial charge in [-0.15, -0.1) is 11.3 Å². The fourth-order valence-electron chi connectivity index (χ4n) is 3.71. The molecule has 0 radical (unpaired) electrons. The largest absolute Gasteiger partial charge is 0.302 e. The van der Waals surface area contributed by atoms with Crippen LogP contribution in [0.25, 0.3) is 0 Å². The molecule has 0 unspecified atom stereocenters. The van der Waals surface area contributed by atoms with Gasteiger partial charge in [0.15, 0.2) is 5.13 Å². The maximum atomic E-state index is 12.2. The van der Waals surface area contributed by atoms with Crippen molar-refractivity contribution < 1.29 is 9.59 Å². The summed E-state index contributed by atoms with van der Waals surface area (Å²) in [7, 11) is 0. The van der Waals surface area contributed by atoms with Crippen molar-refractivity contribution >= 4 is 28.2 Å². The quantitative estimate of drug-likeness (QED) is 0.549. The molecule has 0 atom stereocenters. The van der Waals surface area contributed by atoms with Gasteiger partial charge in [0.2, 0.25) is 5.91 Å². The second-order valence-electron chi connectivity index (χ2n) is 7.94. The van der Waals surface area contributed by atoms with E-state index in [1.165, 1.54) is 4.88 Å². The summed E-state index contributed by atoms with van der Waals surface area (Å²) in [4.78, 5) is 33.5. The van der Waals surface area contributed by atoms with Crippen LogP contribution in [0.2, 0.25) is 0 Å². The summed E-state index contributed by atoms with van der Waals surface area (Å²) in [6.45, 7) is 1.86. The van der Waals surface area contributed by atoms with Crippen LogP contribution < -0.4 is 5.32 Å². The van der Waals surface area contributed by atoms with Crippen LogP contribution >= 0.6 is 11.3 Å². The highest BCUT2D eigenvalue weighted by Crippen LogP contribution is 2.45. The second kappa shape index (κ2) is 9.87. The number of nitrogens with one attached hydrogen (secondary N) is 1. The van der Waals surface area contributed by atoms with Crippen molar-refractivity contribution in [2.24, 2.45) is 5.92 Å². The van der Waals surface area contributed by atoms with E-state index in [1.54, 1.807) is 17.5 Å². The molecule has 1 amide bonds. The van der Waals surface area contributed by atoms with Gasteiger partial charge in [0, 0.05) is 29.4 Å². The van der Waals surface area contributed by atoms with Crippen molar-refractivity contribution in [3.05, 3.63) is 64.7 Å². The van der Waals surface area contributed by atoms with Crippen molar-refractivity contribution in [1.29, 1.82) is 0 Å².